The van der Waals surface area contributed by atoms with Gasteiger partial charge < -0.3 is 10.1 Å². The Labute approximate surface area is 146 Å². The number of hydrogen-bond donors (Lipinski definition) is 1. The van der Waals surface area contributed by atoms with E-state index >= 15 is 0 Å². The quantitative estimate of drug-likeness (QED) is 0.646. The topological polar surface area (TPSA) is 21.3 Å². The summed E-state index contributed by atoms with van der Waals surface area (Å²) in [7, 11) is 0. The van der Waals surface area contributed by atoms with E-state index in [1.807, 2.05) is 24.3 Å². The van der Waals surface area contributed by atoms with Crippen molar-refractivity contribution in [1.82, 2.24) is 0 Å². The molecule has 2 aromatic rings. The van der Waals surface area contributed by atoms with Crippen LogP contribution < -0.4 is 10.1 Å². The van der Waals surface area contributed by atoms with Gasteiger partial charge in [-0.05, 0) is 48.2 Å². The highest BCUT2D eigenvalue weighted by molar-refractivity contribution is 5.66. The molecule has 0 bridgehead atoms. The number of ether oxygens (including phenoxy) is 1. The van der Waals surface area contributed by atoms with E-state index in [0.717, 1.165) is 16.8 Å². The lowest BCUT2D eigenvalue weighted by atomic mass is 10.0. The van der Waals surface area contributed by atoms with Gasteiger partial charge in [0.05, 0.1) is 0 Å². The molecule has 2 aromatic carbocycles. The molecule has 0 spiro atoms. The number of hydrogen-bond acceptors (Lipinski definition) is 2. The van der Waals surface area contributed by atoms with Crippen molar-refractivity contribution in [2.45, 2.75) is 50.9 Å². The first-order chi connectivity index (χ1) is 12.0. The van der Waals surface area contributed by atoms with Gasteiger partial charge >= 0.3 is 6.36 Å². The Morgan fingerprint density at radius 3 is 1.80 bits per heavy atom. The molecule has 5 heteroatoms. The highest BCUT2D eigenvalue weighted by Crippen LogP contribution is 2.28. The van der Waals surface area contributed by atoms with Crippen LogP contribution in [-0.2, 0) is 0 Å². The van der Waals surface area contributed by atoms with Gasteiger partial charge in [-0.3, -0.25) is 0 Å². The molecule has 0 unspecified atom stereocenters. The van der Waals surface area contributed by atoms with Crippen molar-refractivity contribution in [3.63, 3.8) is 0 Å². The monoisotopic (exact) mass is 349 g/mol. The molecule has 0 aliphatic heterocycles. The van der Waals surface area contributed by atoms with Gasteiger partial charge in [-0.25, -0.2) is 0 Å². The summed E-state index contributed by atoms with van der Waals surface area (Å²) in [4.78, 5) is 0. The van der Waals surface area contributed by atoms with E-state index in [4.69, 9.17) is 0 Å². The lowest BCUT2D eigenvalue weighted by Gasteiger charge is -2.18. The molecule has 1 fully saturated rings. The SMILES string of the molecule is FC(F)(F)Oc1ccc(-c2ccc(NC3CCCCCC3)cc2)cc1. The molecule has 0 heterocycles. The van der Waals surface area contributed by atoms with E-state index in [0.29, 0.717) is 6.04 Å². The highest BCUT2D eigenvalue weighted by Gasteiger charge is 2.30. The maximum absolute atomic E-state index is 12.2. The summed E-state index contributed by atoms with van der Waals surface area (Å²) in [6.45, 7) is 0. The number of halogens is 3. The number of anilines is 1. The maximum atomic E-state index is 12.2. The van der Waals surface area contributed by atoms with Gasteiger partial charge in [-0.2, -0.15) is 0 Å². The Hall–Kier alpha value is -2.17. The minimum Gasteiger partial charge on any atom is -0.406 e. The third-order valence-corrected chi connectivity index (χ3v) is 4.53. The zero-order valence-electron chi connectivity index (χ0n) is 14.0. The van der Waals surface area contributed by atoms with E-state index in [1.165, 1.54) is 50.7 Å². The van der Waals surface area contributed by atoms with Crippen LogP contribution in [0.1, 0.15) is 38.5 Å². The van der Waals surface area contributed by atoms with Gasteiger partial charge in [0.1, 0.15) is 5.75 Å². The van der Waals surface area contributed by atoms with Gasteiger partial charge in [0.15, 0.2) is 0 Å². The van der Waals surface area contributed by atoms with E-state index in [9.17, 15) is 13.2 Å². The van der Waals surface area contributed by atoms with Crippen molar-refractivity contribution in [2.24, 2.45) is 0 Å². The Morgan fingerprint density at radius 2 is 1.28 bits per heavy atom. The zero-order valence-corrected chi connectivity index (χ0v) is 14.0. The molecule has 0 saturated heterocycles. The Kier molecular flexibility index (Phi) is 5.51. The van der Waals surface area contributed by atoms with Crippen LogP contribution in [0.2, 0.25) is 0 Å². The second-order valence-electron chi connectivity index (χ2n) is 6.48. The molecule has 1 aliphatic carbocycles. The van der Waals surface area contributed by atoms with Gasteiger partial charge in [0, 0.05) is 11.7 Å². The zero-order chi connectivity index (χ0) is 17.7. The molecule has 0 amide bonds. The lowest BCUT2D eigenvalue weighted by molar-refractivity contribution is -0.274. The van der Waals surface area contributed by atoms with Crippen LogP contribution in [0.4, 0.5) is 18.9 Å². The number of rotatable bonds is 4. The summed E-state index contributed by atoms with van der Waals surface area (Å²) >= 11 is 0. The second kappa shape index (κ2) is 7.81. The summed E-state index contributed by atoms with van der Waals surface area (Å²) in [5.74, 6) is -0.206. The minimum atomic E-state index is -4.66. The van der Waals surface area contributed by atoms with E-state index in [1.54, 1.807) is 12.1 Å². The normalized spacial score (nSPS) is 16.3. The average Bonchev–Trinajstić information content (AvgIpc) is 2.84. The molecule has 1 aliphatic rings. The molecular weight excluding hydrogens is 327 g/mol. The molecule has 0 aromatic heterocycles. The molecule has 3 rings (SSSR count). The summed E-state index contributed by atoms with van der Waals surface area (Å²) in [6.07, 6.45) is 2.97. The highest BCUT2D eigenvalue weighted by atomic mass is 19.4. The molecule has 0 atom stereocenters. The molecule has 134 valence electrons. The smallest absolute Gasteiger partial charge is 0.406 e. The number of alkyl halides is 3. The van der Waals surface area contributed by atoms with Gasteiger partial charge in [0.2, 0.25) is 0 Å². The average molecular weight is 349 g/mol. The van der Waals surface area contributed by atoms with E-state index in [-0.39, 0.29) is 5.75 Å². The van der Waals surface area contributed by atoms with Crippen LogP contribution in [-0.4, -0.2) is 12.4 Å². The lowest BCUT2D eigenvalue weighted by Crippen LogP contribution is -2.18. The summed E-state index contributed by atoms with van der Waals surface area (Å²) in [6, 6.07) is 14.5. The van der Waals surface area contributed by atoms with Crippen molar-refractivity contribution in [3.05, 3.63) is 48.5 Å². The van der Waals surface area contributed by atoms with Gasteiger partial charge in [0.25, 0.3) is 0 Å². The first kappa shape index (κ1) is 17.6. The summed E-state index contributed by atoms with van der Waals surface area (Å²) < 4.78 is 40.5. The first-order valence-corrected chi connectivity index (χ1v) is 8.72. The largest absolute Gasteiger partial charge is 0.573 e. The van der Waals surface area contributed by atoms with Crippen molar-refractivity contribution in [2.75, 3.05) is 5.32 Å². The number of benzene rings is 2. The van der Waals surface area contributed by atoms with Crippen molar-refractivity contribution < 1.29 is 17.9 Å². The Bertz CT molecular complexity index is 657. The molecule has 1 N–H and O–H groups in total. The Morgan fingerprint density at radius 1 is 0.760 bits per heavy atom. The van der Waals surface area contributed by atoms with Gasteiger partial charge in [-0.1, -0.05) is 49.9 Å². The molecule has 25 heavy (non-hydrogen) atoms. The number of nitrogens with one attached hydrogen (secondary N) is 1. The van der Waals surface area contributed by atoms with Crippen LogP contribution in [0.3, 0.4) is 0 Å². The van der Waals surface area contributed by atoms with Crippen molar-refractivity contribution in [1.29, 1.82) is 0 Å². The molecule has 1 saturated carbocycles. The fourth-order valence-electron chi connectivity index (χ4n) is 3.27. The van der Waals surface area contributed by atoms with Gasteiger partial charge in [-0.15, -0.1) is 13.2 Å². The van der Waals surface area contributed by atoms with E-state index < -0.39 is 6.36 Å². The molecule has 2 nitrogen and oxygen atoms in total. The van der Waals surface area contributed by atoms with Crippen molar-refractivity contribution >= 4 is 5.69 Å². The standard InChI is InChI=1S/C20H22F3NO/c21-20(22,23)25-19-13-9-16(10-14-19)15-7-11-18(12-8-15)24-17-5-3-1-2-4-6-17/h7-14,17,24H,1-6H2. The van der Waals surface area contributed by atoms with Crippen LogP contribution >= 0.6 is 0 Å². The Balaban J connectivity index is 1.63. The maximum Gasteiger partial charge on any atom is 0.573 e. The van der Waals surface area contributed by atoms with Crippen LogP contribution in [0.25, 0.3) is 11.1 Å². The second-order valence-corrected chi connectivity index (χ2v) is 6.48. The first-order valence-electron chi connectivity index (χ1n) is 8.72. The fraction of sp³-hybridized carbons (Fsp3) is 0.400. The predicted octanol–water partition coefficient (Wildman–Crippen LogP) is 6.39. The predicted molar refractivity (Wildman–Crippen MR) is 93.7 cm³/mol. The van der Waals surface area contributed by atoms with Crippen LogP contribution in [0.5, 0.6) is 5.75 Å². The minimum absolute atomic E-state index is 0.206. The third-order valence-electron chi connectivity index (χ3n) is 4.53. The van der Waals surface area contributed by atoms with E-state index in [2.05, 4.69) is 10.1 Å². The summed E-state index contributed by atoms with van der Waals surface area (Å²) in [5.41, 5.74) is 2.91. The van der Waals surface area contributed by atoms with Crippen LogP contribution in [0.15, 0.2) is 48.5 Å². The fourth-order valence-corrected chi connectivity index (χ4v) is 3.27. The van der Waals surface area contributed by atoms with Crippen LogP contribution in [0, 0.1) is 0 Å². The molecular formula is C20H22F3NO. The summed E-state index contributed by atoms with van der Waals surface area (Å²) in [5, 5.41) is 3.59. The third kappa shape index (κ3) is 5.41. The molecule has 0 radical (unpaired) electrons. The van der Waals surface area contributed by atoms with Crippen molar-refractivity contribution in [3.8, 4) is 16.9 Å².